The Balaban J connectivity index is 1.21. The van der Waals surface area contributed by atoms with E-state index >= 15 is 0 Å². The molecule has 3 aromatic heterocycles. The van der Waals surface area contributed by atoms with Crippen molar-refractivity contribution in [3.8, 4) is 68.3 Å². The fourth-order valence-electron chi connectivity index (χ4n) is 8.84. The summed E-state index contributed by atoms with van der Waals surface area (Å²) in [6.07, 6.45) is 0. The van der Waals surface area contributed by atoms with Gasteiger partial charge in [0.1, 0.15) is 11.4 Å². The zero-order chi connectivity index (χ0) is 39.6. The third-order valence-corrected chi connectivity index (χ3v) is 11.5. The first-order valence-corrected chi connectivity index (χ1v) is 20.2. The third-order valence-electron chi connectivity index (χ3n) is 11.5. The van der Waals surface area contributed by atoms with Crippen LogP contribution in [0.5, 0.6) is 0 Å². The van der Waals surface area contributed by atoms with Crippen LogP contribution in [0.25, 0.3) is 112 Å². The summed E-state index contributed by atoms with van der Waals surface area (Å²) in [7, 11) is 0. The van der Waals surface area contributed by atoms with Crippen molar-refractivity contribution in [2.75, 3.05) is 0 Å². The van der Waals surface area contributed by atoms with Gasteiger partial charge in [-0.3, -0.25) is 9.13 Å². The van der Waals surface area contributed by atoms with Gasteiger partial charge in [-0.25, -0.2) is 19.9 Å². The second-order valence-corrected chi connectivity index (χ2v) is 15.1. The van der Waals surface area contributed by atoms with Crippen LogP contribution in [0.1, 0.15) is 0 Å². The molecule has 3 heterocycles. The van der Waals surface area contributed by atoms with Gasteiger partial charge in [-0.05, 0) is 80.8 Å². The number of benzene rings is 9. The van der Waals surface area contributed by atoms with E-state index in [1.807, 2.05) is 30.3 Å². The van der Waals surface area contributed by atoms with E-state index in [-0.39, 0.29) is 0 Å². The van der Waals surface area contributed by atoms with E-state index in [4.69, 9.17) is 19.9 Å². The monoisotopic (exact) mass is 766 g/mol. The van der Waals surface area contributed by atoms with Gasteiger partial charge in [0.15, 0.2) is 17.5 Å². The number of rotatable bonds is 7. The Morgan fingerprint density at radius 3 is 1.58 bits per heavy atom. The van der Waals surface area contributed by atoms with Crippen LogP contribution in [0, 0.1) is 0 Å². The maximum absolute atomic E-state index is 5.57. The lowest BCUT2D eigenvalue weighted by atomic mass is 9.92. The molecule has 0 aliphatic heterocycles. The van der Waals surface area contributed by atoms with Crippen molar-refractivity contribution in [2.24, 2.45) is 0 Å². The average molecular weight is 767 g/mol. The highest BCUT2D eigenvalue weighted by Crippen LogP contribution is 2.42. The zero-order valence-corrected chi connectivity index (χ0v) is 32.3. The normalized spacial score (nSPS) is 11.7. The van der Waals surface area contributed by atoms with E-state index in [1.54, 1.807) is 0 Å². The van der Waals surface area contributed by atoms with Gasteiger partial charge in [0.2, 0.25) is 0 Å². The summed E-state index contributed by atoms with van der Waals surface area (Å²) in [5.74, 6) is 2.01. The topological polar surface area (TPSA) is 61.4 Å². The van der Waals surface area contributed by atoms with Crippen LogP contribution in [0.3, 0.4) is 0 Å². The second-order valence-electron chi connectivity index (χ2n) is 15.1. The molecule has 0 unspecified atom stereocenters. The fourth-order valence-corrected chi connectivity index (χ4v) is 8.84. The first-order chi connectivity index (χ1) is 29.8. The molecule has 0 spiro atoms. The highest BCUT2D eigenvalue weighted by molar-refractivity contribution is 6.25. The van der Waals surface area contributed by atoms with E-state index in [1.165, 1.54) is 26.9 Å². The van der Waals surface area contributed by atoms with Crippen LogP contribution in [0.15, 0.2) is 206 Å². The van der Waals surface area contributed by atoms with Gasteiger partial charge >= 0.3 is 0 Å². The van der Waals surface area contributed by atoms with Crippen LogP contribution in [-0.2, 0) is 0 Å². The Morgan fingerprint density at radius 1 is 0.367 bits per heavy atom. The molecule has 0 saturated carbocycles. The van der Waals surface area contributed by atoms with E-state index in [0.29, 0.717) is 23.0 Å². The Bertz CT molecular complexity index is 3500. The molecule has 280 valence electrons. The summed E-state index contributed by atoms with van der Waals surface area (Å²) in [6.45, 7) is 0. The highest BCUT2D eigenvalue weighted by atomic mass is 15.1. The van der Waals surface area contributed by atoms with E-state index in [9.17, 15) is 0 Å². The molecule has 12 rings (SSSR count). The largest absolute Gasteiger partial charge is 0.291 e. The van der Waals surface area contributed by atoms with Crippen LogP contribution in [0.2, 0.25) is 0 Å². The minimum atomic E-state index is 0.595. The summed E-state index contributed by atoms with van der Waals surface area (Å²) in [6, 6.07) is 71.8. The Hall–Kier alpha value is -8.22. The van der Waals surface area contributed by atoms with Crippen molar-refractivity contribution in [3.63, 3.8) is 0 Å². The van der Waals surface area contributed by atoms with Gasteiger partial charge in [-0.2, -0.15) is 0 Å². The van der Waals surface area contributed by atoms with Gasteiger partial charge in [-0.15, -0.1) is 0 Å². The number of nitrogens with zero attached hydrogens (tertiary/aromatic N) is 6. The van der Waals surface area contributed by atoms with Gasteiger partial charge in [0.05, 0.1) is 22.4 Å². The van der Waals surface area contributed by atoms with Crippen molar-refractivity contribution in [1.29, 1.82) is 0 Å². The van der Waals surface area contributed by atoms with Crippen LogP contribution in [-0.4, -0.2) is 29.1 Å². The predicted octanol–water partition coefficient (Wildman–Crippen LogP) is 13.2. The van der Waals surface area contributed by atoms with Crippen molar-refractivity contribution in [1.82, 2.24) is 29.1 Å². The minimum absolute atomic E-state index is 0.595. The second kappa shape index (κ2) is 13.7. The zero-order valence-electron chi connectivity index (χ0n) is 32.3. The molecule has 0 N–H and O–H groups in total. The van der Waals surface area contributed by atoms with Crippen molar-refractivity contribution < 1.29 is 0 Å². The summed E-state index contributed by atoms with van der Waals surface area (Å²) in [4.78, 5) is 21.9. The molecule has 6 heteroatoms. The maximum atomic E-state index is 5.57. The Labute approximate surface area is 345 Å². The molecule has 0 aliphatic rings. The van der Waals surface area contributed by atoms with Crippen LogP contribution >= 0.6 is 0 Å². The lowest BCUT2D eigenvalue weighted by molar-refractivity contribution is 1.03. The van der Waals surface area contributed by atoms with Gasteiger partial charge in [-0.1, -0.05) is 158 Å². The van der Waals surface area contributed by atoms with Crippen LogP contribution < -0.4 is 0 Å². The number of para-hydroxylation sites is 4. The summed E-state index contributed by atoms with van der Waals surface area (Å²) >= 11 is 0. The molecule has 0 aliphatic carbocycles. The van der Waals surface area contributed by atoms with Crippen molar-refractivity contribution in [3.05, 3.63) is 206 Å². The number of fused-ring (bicyclic) bond motifs is 1. The summed E-state index contributed by atoms with van der Waals surface area (Å²) in [5, 5.41) is 7.15. The molecule has 0 radical (unpaired) electrons. The maximum Gasteiger partial charge on any atom is 0.164 e. The van der Waals surface area contributed by atoms with Gasteiger partial charge < -0.3 is 0 Å². The smallest absolute Gasteiger partial charge is 0.164 e. The molecule has 0 atom stereocenters. The SMILES string of the molecule is c1ccc(-c2nc(-c3cc(-c4nc5ccccc5n4-c4ccccc4)nc(-c4ccc5ccc6cccc7ccc4c5c67)n3)n(-c3ccccc3)c2-c2ccccc2)cc1. The molecule has 0 amide bonds. The Morgan fingerprint density at radius 2 is 0.900 bits per heavy atom. The average Bonchev–Trinajstić information content (AvgIpc) is 3.92. The number of imidazole rings is 2. The lowest BCUT2D eigenvalue weighted by Crippen LogP contribution is -2.05. The standard InChI is InChI=1S/C54H34N6/c1-5-16-38(17-6-1)50-51(39-18-7-2-8-19-39)60(41-24-11-4-12-25-41)54(58-50)46-34-45(53-57-44-26-13-14-27-47(44)59(53)40-22-9-3-10-23-40)55-52(56-46)43-33-31-37-29-28-35-20-15-21-36-30-32-42(43)49(37)48(35)36/h1-34H. The highest BCUT2D eigenvalue weighted by Gasteiger charge is 2.26. The third kappa shape index (κ3) is 5.42. The van der Waals surface area contributed by atoms with E-state index in [0.717, 1.165) is 61.7 Å². The van der Waals surface area contributed by atoms with Gasteiger partial charge in [0, 0.05) is 28.1 Å². The number of aromatic nitrogens is 6. The molecular formula is C54H34N6. The molecule has 0 fully saturated rings. The summed E-state index contributed by atoms with van der Waals surface area (Å²) < 4.78 is 4.45. The fraction of sp³-hybridized carbons (Fsp3) is 0. The first kappa shape index (κ1) is 33.9. The lowest BCUT2D eigenvalue weighted by Gasteiger charge is -2.16. The quantitative estimate of drug-likeness (QED) is 0.152. The minimum Gasteiger partial charge on any atom is -0.291 e. The van der Waals surface area contributed by atoms with Crippen molar-refractivity contribution >= 4 is 43.4 Å². The van der Waals surface area contributed by atoms with Crippen molar-refractivity contribution in [2.45, 2.75) is 0 Å². The van der Waals surface area contributed by atoms with Crippen LogP contribution in [0.4, 0.5) is 0 Å². The molecule has 6 nitrogen and oxygen atoms in total. The molecule has 0 saturated heterocycles. The first-order valence-electron chi connectivity index (χ1n) is 20.2. The van der Waals surface area contributed by atoms with E-state index < -0.39 is 0 Å². The molecule has 60 heavy (non-hydrogen) atoms. The predicted molar refractivity (Wildman–Crippen MR) is 245 cm³/mol. The Kier molecular flexibility index (Phi) is 7.74. The number of hydrogen-bond donors (Lipinski definition) is 0. The molecule has 12 aromatic rings. The molecular weight excluding hydrogens is 733 g/mol. The number of hydrogen-bond acceptors (Lipinski definition) is 4. The summed E-state index contributed by atoms with van der Waals surface area (Å²) in [5.41, 5.74) is 10.0. The molecule has 9 aromatic carbocycles. The van der Waals surface area contributed by atoms with Gasteiger partial charge in [0.25, 0.3) is 0 Å². The van der Waals surface area contributed by atoms with E-state index in [2.05, 4.69) is 185 Å². The molecule has 0 bridgehead atoms.